The Balaban J connectivity index is 3.27. The van der Waals surface area contributed by atoms with Crippen LogP contribution in [0.2, 0.25) is 0 Å². The fourth-order valence-electron chi connectivity index (χ4n) is 1.30. The van der Waals surface area contributed by atoms with Gasteiger partial charge in [-0.3, -0.25) is 4.79 Å². The standard InChI is InChI=1S/C11H10BrF3O3/c1-3-18-9-7(12)4-6(5-8(9)17-2)10(16)11(13,14)15/h4-5H,3H2,1-2H3. The molecule has 0 amide bonds. The number of benzene rings is 1. The van der Waals surface area contributed by atoms with Crippen molar-refractivity contribution in [3.05, 3.63) is 22.2 Å². The highest BCUT2D eigenvalue weighted by Gasteiger charge is 2.39. The van der Waals surface area contributed by atoms with Crippen LogP contribution in [0.1, 0.15) is 17.3 Å². The number of hydrogen-bond donors (Lipinski definition) is 0. The lowest BCUT2D eigenvalue weighted by Gasteiger charge is -2.13. The number of carbonyl (C=O) groups is 1. The number of Topliss-reactive ketones (excluding diaryl/α,β-unsaturated/α-hetero) is 1. The molecule has 100 valence electrons. The Bertz CT molecular complexity index is 458. The summed E-state index contributed by atoms with van der Waals surface area (Å²) in [5.41, 5.74) is -0.505. The first kappa shape index (κ1) is 14.8. The first-order valence-electron chi connectivity index (χ1n) is 4.93. The third-order valence-corrected chi connectivity index (χ3v) is 2.63. The molecule has 3 nitrogen and oxygen atoms in total. The number of rotatable bonds is 4. The molecule has 0 bridgehead atoms. The van der Waals surface area contributed by atoms with Gasteiger partial charge in [-0.1, -0.05) is 0 Å². The van der Waals surface area contributed by atoms with Crippen molar-refractivity contribution in [1.29, 1.82) is 0 Å². The summed E-state index contributed by atoms with van der Waals surface area (Å²) in [6, 6.07) is 2.06. The van der Waals surface area contributed by atoms with E-state index in [0.717, 1.165) is 12.1 Å². The van der Waals surface area contributed by atoms with E-state index in [1.807, 2.05) is 0 Å². The maximum absolute atomic E-state index is 12.3. The topological polar surface area (TPSA) is 35.5 Å². The summed E-state index contributed by atoms with van der Waals surface area (Å²) < 4.78 is 47.3. The maximum Gasteiger partial charge on any atom is 0.454 e. The predicted molar refractivity (Wildman–Crippen MR) is 62.2 cm³/mol. The van der Waals surface area contributed by atoms with Crippen molar-refractivity contribution in [2.24, 2.45) is 0 Å². The van der Waals surface area contributed by atoms with Crippen molar-refractivity contribution in [1.82, 2.24) is 0 Å². The van der Waals surface area contributed by atoms with E-state index < -0.39 is 17.5 Å². The Morgan fingerprint density at radius 1 is 1.39 bits per heavy atom. The molecule has 0 fully saturated rings. The van der Waals surface area contributed by atoms with Gasteiger partial charge in [-0.15, -0.1) is 0 Å². The smallest absolute Gasteiger partial charge is 0.454 e. The third-order valence-electron chi connectivity index (χ3n) is 2.04. The van der Waals surface area contributed by atoms with Gasteiger partial charge in [0.05, 0.1) is 18.2 Å². The molecule has 0 heterocycles. The summed E-state index contributed by atoms with van der Waals surface area (Å²) in [7, 11) is 1.28. The van der Waals surface area contributed by atoms with E-state index in [4.69, 9.17) is 9.47 Å². The Hall–Kier alpha value is -1.24. The number of methoxy groups -OCH3 is 1. The van der Waals surface area contributed by atoms with Gasteiger partial charge in [0.15, 0.2) is 11.5 Å². The van der Waals surface area contributed by atoms with E-state index in [1.54, 1.807) is 6.92 Å². The molecule has 0 N–H and O–H groups in total. The number of carbonyl (C=O) groups excluding carboxylic acids is 1. The van der Waals surface area contributed by atoms with E-state index in [9.17, 15) is 18.0 Å². The van der Waals surface area contributed by atoms with E-state index in [0.29, 0.717) is 6.61 Å². The van der Waals surface area contributed by atoms with Crippen molar-refractivity contribution >= 4 is 21.7 Å². The third kappa shape index (κ3) is 3.16. The van der Waals surface area contributed by atoms with E-state index >= 15 is 0 Å². The van der Waals surface area contributed by atoms with Gasteiger partial charge < -0.3 is 9.47 Å². The molecule has 0 aliphatic heterocycles. The molecule has 0 saturated heterocycles. The summed E-state index contributed by atoms with van der Waals surface area (Å²) in [4.78, 5) is 11.1. The minimum Gasteiger partial charge on any atom is -0.493 e. The van der Waals surface area contributed by atoms with Crippen molar-refractivity contribution in [3.8, 4) is 11.5 Å². The van der Waals surface area contributed by atoms with E-state index in [-0.39, 0.29) is 16.0 Å². The molecule has 0 aliphatic rings. The molecule has 0 saturated carbocycles. The molecule has 0 radical (unpaired) electrons. The van der Waals surface area contributed by atoms with Crippen LogP contribution in [-0.2, 0) is 0 Å². The fraction of sp³-hybridized carbons (Fsp3) is 0.364. The normalized spacial score (nSPS) is 11.2. The summed E-state index contributed by atoms with van der Waals surface area (Å²) in [5, 5.41) is 0. The predicted octanol–water partition coefficient (Wildman–Crippen LogP) is 3.60. The summed E-state index contributed by atoms with van der Waals surface area (Å²) in [6.45, 7) is 2.04. The van der Waals surface area contributed by atoms with Crippen LogP contribution >= 0.6 is 15.9 Å². The molecule has 1 aromatic rings. The van der Waals surface area contributed by atoms with Crippen molar-refractivity contribution in [2.75, 3.05) is 13.7 Å². The number of hydrogen-bond acceptors (Lipinski definition) is 3. The first-order chi connectivity index (χ1) is 8.31. The quantitative estimate of drug-likeness (QED) is 0.793. The number of alkyl halides is 3. The first-order valence-corrected chi connectivity index (χ1v) is 5.72. The molecule has 0 atom stereocenters. The fourth-order valence-corrected chi connectivity index (χ4v) is 1.86. The molecule has 0 aliphatic carbocycles. The van der Waals surface area contributed by atoms with Crippen LogP contribution in [0.15, 0.2) is 16.6 Å². The zero-order valence-electron chi connectivity index (χ0n) is 9.60. The zero-order chi connectivity index (χ0) is 13.9. The number of halogens is 4. The Kier molecular flexibility index (Phi) is 4.61. The van der Waals surface area contributed by atoms with Gasteiger partial charge >= 0.3 is 6.18 Å². The molecule has 0 unspecified atom stereocenters. The molecule has 7 heteroatoms. The van der Waals surface area contributed by atoms with Crippen LogP contribution < -0.4 is 9.47 Å². The van der Waals surface area contributed by atoms with Gasteiger partial charge in [0.25, 0.3) is 5.78 Å². The second-order valence-electron chi connectivity index (χ2n) is 3.25. The summed E-state index contributed by atoms with van der Waals surface area (Å²) in [5.74, 6) is -1.60. The average Bonchev–Trinajstić information content (AvgIpc) is 2.29. The van der Waals surface area contributed by atoms with Crippen molar-refractivity contribution in [3.63, 3.8) is 0 Å². The summed E-state index contributed by atoms with van der Waals surface area (Å²) >= 11 is 3.05. The minimum atomic E-state index is -4.92. The van der Waals surface area contributed by atoms with Crippen molar-refractivity contribution in [2.45, 2.75) is 13.1 Å². The van der Waals surface area contributed by atoms with Gasteiger partial charge in [-0.05, 0) is 35.0 Å². The Labute approximate surface area is 110 Å². The lowest BCUT2D eigenvalue weighted by molar-refractivity contribution is -0.0885. The van der Waals surface area contributed by atoms with Gasteiger partial charge in [0, 0.05) is 5.56 Å². The van der Waals surface area contributed by atoms with Crippen LogP contribution in [-0.4, -0.2) is 25.7 Å². The lowest BCUT2D eigenvalue weighted by atomic mass is 10.1. The molecule has 1 aromatic carbocycles. The minimum absolute atomic E-state index is 0.0684. The van der Waals surface area contributed by atoms with Gasteiger partial charge in [-0.2, -0.15) is 13.2 Å². The highest BCUT2D eigenvalue weighted by molar-refractivity contribution is 9.10. The van der Waals surface area contributed by atoms with Gasteiger partial charge in [-0.25, -0.2) is 0 Å². The molecule has 0 aromatic heterocycles. The van der Waals surface area contributed by atoms with Crippen LogP contribution in [0.5, 0.6) is 11.5 Å². The SMILES string of the molecule is CCOc1c(Br)cc(C(=O)C(F)(F)F)cc1OC. The summed E-state index contributed by atoms with van der Waals surface area (Å²) in [6.07, 6.45) is -4.92. The second-order valence-corrected chi connectivity index (χ2v) is 4.10. The molecular formula is C11H10BrF3O3. The highest BCUT2D eigenvalue weighted by atomic mass is 79.9. The van der Waals surface area contributed by atoms with E-state index in [1.165, 1.54) is 7.11 Å². The number of ketones is 1. The van der Waals surface area contributed by atoms with Gasteiger partial charge in [0.2, 0.25) is 0 Å². The van der Waals surface area contributed by atoms with Crippen LogP contribution in [0.25, 0.3) is 0 Å². The molecule has 1 rings (SSSR count). The lowest BCUT2D eigenvalue weighted by Crippen LogP contribution is -2.22. The van der Waals surface area contributed by atoms with Gasteiger partial charge in [0.1, 0.15) is 0 Å². The molecule has 0 spiro atoms. The molecular weight excluding hydrogens is 317 g/mol. The van der Waals surface area contributed by atoms with Crippen LogP contribution in [0.4, 0.5) is 13.2 Å². The zero-order valence-corrected chi connectivity index (χ0v) is 11.2. The highest BCUT2D eigenvalue weighted by Crippen LogP contribution is 2.38. The second kappa shape index (κ2) is 5.60. The van der Waals surface area contributed by atoms with Crippen molar-refractivity contribution < 1.29 is 27.4 Å². The monoisotopic (exact) mass is 326 g/mol. The largest absolute Gasteiger partial charge is 0.493 e. The Morgan fingerprint density at radius 2 is 2.00 bits per heavy atom. The number of ether oxygens (including phenoxy) is 2. The van der Waals surface area contributed by atoms with Crippen LogP contribution in [0.3, 0.4) is 0 Å². The maximum atomic E-state index is 12.3. The average molecular weight is 327 g/mol. The Morgan fingerprint density at radius 3 is 2.44 bits per heavy atom. The van der Waals surface area contributed by atoms with E-state index in [2.05, 4.69) is 15.9 Å². The molecule has 18 heavy (non-hydrogen) atoms. The van der Waals surface area contributed by atoms with Crippen LogP contribution in [0, 0.1) is 0 Å².